The molecule has 456 valence electrons. The van der Waals surface area contributed by atoms with E-state index in [4.69, 9.17) is 0 Å². The van der Waals surface area contributed by atoms with E-state index in [2.05, 4.69) is 331 Å². The Bertz CT molecular complexity index is 5660. The lowest BCUT2D eigenvalue weighted by Gasteiger charge is -2.50. The maximum absolute atomic E-state index is 2.94. The summed E-state index contributed by atoms with van der Waals surface area (Å²) in [6, 6.07) is 88.5. The smallest absolute Gasteiger partial charge is 0.316 e. The molecule has 0 saturated heterocycles. The van der Waals surface area contributed by atoms with E-state index in [9.17, 15) is 0 Å². The first kappa shape index (κ1) is 55.2. The van der Waals surface area contributed by atoms with Gasteiger partial charge in [0, 0.05) is 82.7 Å². The number of benzene rings is 12. The molecule has 0 spiro atoms. The summed E-state index contributed by atoms with van der Waals surface area (Å²) in [5, 5.41) is 10.3. The average molecular weight is 1220 g/mol. The Hall–Kier alpha value is -10.2. The van der Waals surface area contributed by atoms with Crippen LogP contribution in [0.25, 0.3) is 143 Å². The zero-order valence-electron chi connectivity index (χ0n) is 56.3. The second-order valence-corrected chi connectivity index (χ2v) is 32.1. The fourth-order valence-electron chi connectivity index (χ4n) is 17.8. The Morgan fingerprint density at radius 1 is 0.263 bits per heavy atom. The predicted molar refractivity (Wildman–Crippen MR) is 407 cm³/mol. The number of aromatic nitrogens is 4. The lowest BCUT2D eigenvalue weighted by atomic mass is 9.32. The molecule has 0 N–H and O–H groups in total. The normalized spacial score (nSPS) is 14.0. The highest BCUT2D eigenvalue weighted by Crippen LogP contribution is 2.54. The monoisotopic (exact) mass is 1220 g/mol. The fraction of sp³-hybridized carbons (Fsp3) is 0.182. The fourth-order valence-corrected chi connectivity index (χ4v) is 17.8. The van der Waals surface area contributed by atoms with Gasteiger partial charge < -0.3 is 23.0 Å². The first-order valence-electron chi connectivity index (χ1n) is 34.3. The summed E-state index contributed by atoms with van der Waals surface area (Å²) in [5.74, 6) is 0. The van der Waals surface area contributed by atoms with E-state index in [0.717, 1.165) is 11.4 Å². The minimum absolute atomic E-state index is 0.0332. The van der Waals surface area contributed by atoms with Crippen LogP contribution in [0.1, 0.15) is 105 Å². The Morgan fingerprint density at radius 2 is 0.611 bits per heavy atom. The molecule has 0 amide bonds. The lowest BCUT2D eigenvalue weighted by molar-refractivity contribution is 0.590. The molecule has 0 saturated carbocycles. The van der Waals surface area contributed by atoms with Crippen LogP contribution in [0.5, 0.6) is 0 Å². The molecule has 16 aromatic rings. The van der Waals surface area contributed by atoms with Gasteiger partial charge in [-0.15, -0.1) is 0 Å². The van der Waals surface area contributed by atoms with E-state index >= 15 is 0 Å². The molecule has 0 unspecified atom stereocenters. The molecule has 20 rings (SSSR count). The number of fused-ring (bicyclic) bond motifs is 20. The molecule has 4 aliphatic rings. The quantitative estimate of drug-likeness (QED) is 0.162. The van der Waals surface area contributed by atoms with Crippen LogP contribution in [0.15, 0.2) is 224 Å². The van der Waals surface area contributed by atoms with E-state index in [0.29, 0.717) is 0 Å². The highest BCUT2D eigenvalue weighted by atomic mass is 15.1. The predicted octanol–water partition coefficient (Wildman–Crippen LogP) is 19.9. The minimum atomic E-state index is -0.173. The van der Waals surface area contributed by atoms with E-state index < -0.39 is 0 Å². The number of nitrogens with zero attached hydrogens (tertiary/aromatic N) is 5. The number of para-hydroxylation sites is 4. The second-order valence-electron chi connectivity index (χ2n) is 32.1. The number of hydrogen-bond donors (Lipinski definition) is 0. The van der Waals surface area contributed by atoms with Crippen LogP contribution in [-0.2, 0) is 21.7 Å². The summed E-state index contributed by atoms with van der Waals surface area (Å²) in [7, 11) is 0. The second kappa shape index (κ2) is 18.4. The molecule has 0 fully saturated rings. The minimum Gasteiger partial charge on any atom is -0.444 e. The maximum atomic E-state index is 2.94. The van der Waals surface area contributed by atoms with Crippen LogP contribution in [0.4, 0.5) is 5.69 Å². The molecule has 8 heterocycles. The van der Waals surface area contributed by atoms with Crippen LogP contribution in [0.2, 0.25) is 0 Å². The van der Waals surface area contributed by atoms with Crippen molar-refractivity contribution in [1.29, 1.82) is 0 Å². The van der Waals surface area contributed by atoms with Gasteiger partial charge in [0.1, 0.15) is 0 Å². The molecule has 7 heteroatoms. The number of hydrogen-bond acceptors (Lipinski definition) is 1. The van der Waals surface area contributed by atoms with Gasteiger partial charge in [0.05, 0.1) is 44.1 Å². The van der Waals surface area contributed by atoms with Gasteiger partial charge in [0.2, 0.25) is 0 Å². The van der Waals surface area contributed by atoms with Gasteiger partial charge in [-0.25, -0.2) is 0 Å². The summed E-state index contributed by atoms with van der Waals surface area (Å²) < 4.78 is 13.5. The van der Waals surface area contributed by atoms with Gasteiger partial charge in [-0.1, -0.05) is 210 Å². The zero-order valence-corrected chi connectivity index (χ0v) is 56.3. The van der Waals surface area contributed by atoms with Crippen molar-refractivity contribution in [3.63, 3.8) is 0 Å². The van der Waals surface area contributed by atoms with Gasteiger partial charge in [-0.3, -0.25) is 0 Å². The van der Waals surface area contributed by atoms with Gasteiger partial charge >= 0.3 is 13.7 Å². The van der Waals surface area contributed by atoms with Gasteiger partial charge in [-0.05, 0) is 185 Å². The average Bonchev–Trinajstić information content (AvgIpc) is 1.66. The molecule has 12 aromatic carbocycles. The Labute approximate surface area is 555 Å². The first-order valence-corrected chi connectivity index (χ1v) is 34.3. The van der Waals surface area contributed by atoms with Crippen molar-refractivity contribution in [2.24, 2.45) is 0 Å². The third kappa shape index (κ3) is 7.37. The third-order valence-corrected chi connectivity index (χ3v) is 22.5. The molecule has 0 bridgehead atoms. The van der Waals surface area contributed by atoms with Crippen molar-refractivity contribution in [3.8, 4) is 56.1 Å². The van der Waals surface area contributed by atoms with E-state index in [1.54, 1.807) is 0 Å². The maximum Gasteiger partial charge on any atom is 0.316 e. The van der Waals surface area contributed by atoms with Crippen molar-refractivity contribution < 1.29 is 0 Å². The molecule has 4 aliphatic heterocycles. The van der Waals surface area contributed by atoms with Gasteiger partial charge in [0.25, 0.3) is 0 Å². The van der Waals surface area contributed by atoms with Gasteiger partial charge in [-0.2, -0.15) is 0 Å². The highest BCUT2D eigenvalue weighted by molar-refractivity contribution is 7.09. The highest BCUT2D eigenvalue weighted by Gasteiger charge is 2.53. The Balaban J connectivity index is 0.963. The van der Waals surface area contributed by atoms with Crippen molar-refractivity contribution in [1.82, 2.24) is 18.3 Å². The summed E-state index contributed by atoms with van der Waals surface area (Å²) in [5.41, 5.74) is 34.0. The molecular formula is C88H73B2N5. The van der Waals surface area contributed by atoms with E-state index in [1.165, 1.54) is 182 Å². The van der Waals surface area contributed by atoms with E-state index in [-0.39, 0.29) is 35.4 Å². The zero-order chi connectivity index (χ0) is 64.4. The van der Waals surface area contributed by atoms with Crippen LogP contribution in [0, 0.1) is 0 Å². The lowest BCUT2D eigenvalue weighted by Crippen LogP contribution is -2.74. The van der Waals surface area contributed by atoms with E-state index in [1.807, 2.05) is 0 Å². The standard InChI is InChI=1S/C88H73B2N5/c1-85(2,3)52-32-36-74-62(42-52)63-43-53(86(4,5)6)33-37-75(63)91(74)56-46-66-68-40-51(50-22-14-13-15-23-50)41-69-67-47-57(92-76-38-34-54(87(7,8)9)44-64(76)65-45-55(88(10,11)12)35-39-77(65)92)49-79-81(67)90(71-29-21-27-61-59-25-17-19-31-73(59)94(79)84(61)71)95(82(68)69)89-70-28-20-26-60-58-24-16-18-30-72(58)93(83(60)70)78(48-56)80(66)89/h13-49H,1-12H3. The SMILES string of the molecule is CC(C)(C)c1ccc2c(c1)c1cc(C(C)(C)C)ccc1n2-c1cc2c3c(c1)-n1c4ccccc4c4cccc(c41)B3N1B3c4c(cc(-n5c6ccc(C(C)(C)C)cc6c6cc(C(C)(C)C)ccc65)cc4-n4c5ccccc5c5cccc3c54)-c3cc(-c4ccccc4)cc-2c31. The largest absolute Gasteiger partial charge is 0.444 e. The molecule has 0 atom stereocenters. The Morgan fingerprint density at radius 3 is 0.989 bits per heavy atom. The van der Waals surface area contributed by atoms with Crippen molar-refractivity contribution in [2.75, 3.05) is 4.72 Å². The summed E-state index contributed by atoms with van der Waals surface area (Å²) >= 11 is 0. The first-order chi connectivity index (χ1) is 45.7. The molecular weight excluding hydrogens is 1150 g/mol. The number of anilines is 1. The molecule has 5 nitrogen and oxygen atoms in total. The van der Waals surface area contributed by atoms with Gasteiger partial charge in [0.15, 0.2) is 0 Å². The van der Waals surface area contributed by atoms with Crippen LogP contribution < -0.4 is 26.6 Å². The molecule has 95 heavy (non-hydrogen) atoms. The summed E-state index contributed by atoms with van der Waals surface area (Å²) in [6.45, 7) is 27.8. The summed E-state index contributed by atoms with van der Waals surface area (Å²) in [4.78, 5) is 0. The van der Waals surface area contributed by atoms with Crippen molar-refractivity contribution in [2.45, 2.75) is 105 Å². The van der Waals surface area contributed by atoms with Crippen molar-refractivity contribution in [3.05, 3.63) is 247 Å². The third-order valence-electron chi connectivity index (χ3n) is 22.5. The Kier molecular flexibility index (Phi) is 10.7. The molecule has 4 aromatic heterocycles. The van der Waals surface area contributed by atoms with Crippen LogP contribution in [-0.4, -0.2) is 32.0 Å². The molecule has 0 radical (unpaired) electrons. The topological polar surface area (TPSA) is 23.0 Å². The molecule has 0 aliphatic carbocycles. The van der Waals surface area contributed by atoms with Crippen molar-refractivity contribution >= 4 is 128 Å². The number of rotatable bonds is 3. The van der Waals surface area contributed by atoms with Crippen LogP contribution >= 0.6 is 0 Å². The summed E-state index contributed by atoms with van der Waals surface area (Å²) in [6.07, 6.45) is 0. The van der Waals surface area contributed by atoms with Crippen LogP contribution in [0.3, 0.4) is 0 Å².